The Bertz CT molecular complexity index is 557. The van der Waals surface area contributed by atoms with Crippen LogP contribution in [0.25, 0.3) is 0 Å². The van der Waals surface area contributed by atoms with Gasteiger partial charge in [0.25, 0.3) is 0 Å². The molecule has 5 heteroatoms. The summed E-state index contributed by atoms with van der Waals surface area (Å²) in [6.45, 7) is 2.12. The van der Waals surface area contributed by atoms with Crippen LogP contribution in [0, 0.1) is 0 Å². The van der Waals surface area contributed by atoms with E-state index in [1.807, 2.05) is 17.7 Å². The van der Waals surface area contributed by atoms with Crippen LogP contribution >= 0.6 is 0 Å². The average Bonchev–Trinajstić information content (AvgIpc) is 2.95. The second kappa shape index (κ2) is 4.24. The van der Waals surface area contributed by atoms with Gasteiger partial charge in [-0.05, 0) is 32.3 Å². The van der Waals surface area contributed by atoms with Crippen LogP contribution in [0.5, 0.6) is 0 Å². The van der Waals surface area contributed by atoms with E-state index >= 15 is 0 Å². The fraction of sp³-hybridized carbons (Fsp3) is 0.538. The summed E-state index contributed by atoms with van der Waals surface area (Å²) in [7, 11) is 1.95. The summed E-state index contributed by atoms with van der Waals surface area (Å²) >= 11 is 0. The smallest absolute Gasteiger partial charge is 0.155 e. The van der Waals surface area contributed by atoms with Crippen molar-refractivity contribution in [2.45, 2.75) is 38.3 Å². The van der Waals surface area contributed by atoms with Gasteiger partial charge >= 0.3 is 0 Å². The van der Waals surface area contributed by atoms with E-state index in [9.17, 15) is 5.11 Å². The second-order valence-corrected chi connectivity index (χ2v) is 5.01. The number of aliphatic hydroxyl groups excluding tert-OH is 1. The van der Waals surface area contributed by atoms with Gasteiger partial charge in [0, 0.05) is 24.5 Å². The van der Waals surface area contributed by atoms with Crippen LogP contribution < -0.4 is 0 Å². The van der Waals surface area contributed by atoms with Crippen molar-refractivity contribution in [2.75, 3.05) is 0 Å². The van der Waals surface area contributed by atoms with Crippen LogP contribution in [0.4, 0.5) is 0 Å². The normalized spacial score (nSPS) is 20.7. The van der Waals surface area contributed by atoms with Crippen LogP contribution in [-0.2, 0) is 13.5 Å². The minimum Gasteiger partial charge on any atom is -0.388 e. The van der Waals surface area contributed by atoms with Gasteiger partial charge in [0.1, 0.15) is 6.33 Å². The van der Waals surface area contributed by atoms with Crippen molar-refractivity contribution in [3.05, 3.63) is 35.7 Å². The summed E-state index contributed by atoms with van der Waals surface area (Å²) in [4.78, 5) is 0. The van der Waals surface area contributed by atoms with E-state index in [4.69, 9.17) is 0 Å². The molecule has 2 aromatic rings. The van der Waals surface area contributed by atoms with E-state index in [2.05, 4.69) is 27.9 Å². The Kier molecular flexibility index (Phi) is 2.70. The van der Waals surface area contributed by atoms with Crippen molar-refractivity contribution in [2.24, 2.45) is 7.05 Å². The minimum atomic E-state index is -0.304. The van der Waals surface area contributed by atoms with Crippen molar-refractivity contribution in [1.29, 1.82) is 0 Å². The van der Waals surface area contributed by atoms with E-state index in [-0.39, 0.29) is 12.1 Å². The fourth-order valence-electron chi connectivity index (χ4n) is 2.85. The minimum absolute atomic E-state index is 0.145. The molecule has 2 atom stereocenters. The molecule has 1 N–H and O–H groups in total. The number of hydrogen-bond acceptors (Lipinski definition) is 3. The first-order valence-corrected chi connectivity index (χ1v) is 6.40. The van der Waals surface area contributed by atoms with Crippen molar-refractivity contribution in [1.82, 2.24) is 19.3 Å². The zero-order chi connectivity index (χ0) is 12.7. The van der Waals surface area contributed by atoms with Gasteiger partial charge in [-0.25, -0.2) is 0 Å². The predicted molar refractivity (Wildman–Crippen MR) is 67.1 cm³/mol. The molecule has 2 heterocycles. The van der Waals surface area contributed by atoms with Gasteiger partial charge in [-0.2, -0.15) is 0 Å². The highest BCUT2D eigenvalue weighted by Crippen LogP contribution is 2.32. The van der Waals surface area contributed by atoms with Crippen molar-refractivity contribution < 1.29 is 5.11 Å². The highest BCUT2D eigenvalue weighted by molar-refractivity contribution is 5.28. The van der Waals surface area contributed by atoms with Crippen LogP contribution in [0.1, 0.15) is 49.0 Å². The summed E-state index contributed by atoms with van der Waals surface area (Å²) in [5, 5.41) is 18.1. The van der Waals surface area contributed by atoms with E-state index < -0.39 is 0 Å². The SMILES string of the molecule is CC(c1nncn1C)n1ccc2c1CCCC2O. The Hall–Kier alpha value is -1.62. The molecular formula is C13H18N4O. The number of nitrogens with zero attached hydrogens (tertiary/aromatic N) is 4. The Balaban J connectivity index is 2.01. The number of rotatable bonds is 2. The van der Waals surface area contributed by atoms with Gasteiger partial charge in [0.05, 0.1) is 12.1 Å². The van der Waals surface area contributed by atoms with E-state index in [0.29, 0.717) is 0 Å². The number of aromatic nitrogens is 4. The molecule has 0 radical (unpaired) electrons. The van der Waals surface area contributed by atoms with E-state index in [0.717, 1.165) is 30.7 Å². The maximum atomic E-state index is 10.00. The average molecular weight is 246 g/mol. The van der Waals surface area contributed by atoms with Gasteiger partial charge < -0.3 is 14.2 Å². The third-order valence-corrected chi connectivity index (χ3v) is 3.85. The largest absolute Gasteiger partial charge is 0.388 e. The lowest BCUT2D eigenvalue weighted by Crippen LogP contribution is -2.17. The quantitative estimate of drug-likeness (QED) is 0.875. The molecule has 1 aliphatic carbocycles. The first-order valence-electron chi connectivity index (χ1n) is 6.40. The number of aliphatic hydroxyl groups is 1. The molecular weight excluding hydrogens is 228 g/mol. The molecule has 0 saturated heterocycles. The van der Waals surface area contributed by atoms with Gasteiger partial charge in [-0.3, -0.25) is 0 Å². The summed E-state index contributed by atoms with van der Waals surface area (Å²) < 4.78 is 4.15. The highest BCUT2D eigenvalue weighted by atomic mass is 16.3. The molecule has 3 rings (SSSR count). The molecule has 2 aromatic heterocycles. The van der Waals surface area contributed by atoms with Crippen molar-refractivity contribution >= 4 is 0 Å². The topological polar surface area (TPSA) is 55.9 Å². The first kappa shape index (κ1) is 11.5. The lowest BCUT2D eigenvalue weighted by molar-refractivity contribution is 0.155. The maximum absolute atomic E-state index is 10.00. The van der Waals surface area contributed by atoms with Crippen molar-refractivity contribution in [3.8, 4) is 0 Å². The molecule has 0 saturated carbocycles. The number of hydrogen-bond donors (Lipinski definition) is 1. The monoisotopic (exact) mass is 246 g/mol. The predicted octanol–water partition coefficient (Wildman–Crippen LogP) is 1.60. The van der Waals surface area contributed by atoms with Crippen LogP contribution in [0.2, 0.25) is 0 Å². The summed E-state index contributed by atoms with van der Waals surface area (Å²) in [6, 6.07) is 2.18. The second-order valence-electron chi connectivity index (χ2n) is 5.01. The fourth-order valence-corrected chi connectivity index (χ4v) is 2.85. The third kappa shape index (κ3) is 1.66. The Morgan fingerprint density at radius 1 is 1.50 bits per heavy atom. The molecule has 2 unspecified atom stereocenters. The number of fused-ring (bicyclic) bond motifs is 1. The van der Waals surface area contributed by atoms with Crippen LogP contribution in [0.15, 0.2) is 18.6 Å². The Morgan fingerprint density at radius 3 is 3.06 bits per heavy atom. The molecule has 0 spiro atoms. The lowest BCUT2D eigenvalue weighted by atomic mass is 9.95. The molecule has 0 fully saturated rings. The van der Waals surface area contributed by atoms with Crippen molar-refractivity contribution in [3.63, 3.8) is 0 Å². The summed E-state index contributed by atoms with van der Waals surface area (Å²) in [5.41, 5.74) is 2.32. The maximum Gasteiger partial charge on any atom is 0.155 e. The molecule has 1 aliphatic rings. The Labute approximate surface area is 106 Å². The summed E-state index contributed by atoms with van der Waals surface area (Å²) in [5.74, 6) is 0.938. The lowest BCUT2D eigenvalue weighted by Gasteiger charge is -2.23. The molecule has 0 bridgehead atoms. The van der Waals surface area contributed by atoms with Gasteiger partial charge in [0.15, 0.2) is 5.82 Å². The highest BCUT2D eigenvalue weighted by Gasteiger charge is 2.24. The molecule has 18 heavy (non-hydrogen) atoms. The van der Waals surface area contributed by atoms with E-state index in [1.165, 1.54) is 5.69 Å². The molecule has 5 nitrogen and oxygen atoms in total. The zero-order valence-corrected chi connectivity index (χ0v) is 10.7. The summed E-state index contributed by atoms with van der Waals surface area (Å²) in [6.07, 6.45) is 6.41. The van der Waals surface area contributed by atoms with Crippen LogP contribution in [0.3, 0.4) is 0 Å². The van der Waals surface area contributed by atoms with Gasteiger partial charge in [0.2, 0.25) is 0 Å². The first-order chi connectivity index (χ1) is 8.68. The molecule has 0 amide bonds. The molecule has 0 aromatic carbocycles. The van der Waals surface area contributed by atoms with Gasteiger partial charge in [-0.1, -0.05) is 0 Å². The third-order valence-electron chi connectivity index (χ3n) is 3.85. The van der Waals surface area contributed by atoms with Gasteiger partial charge in [-0.15, -0.1) is 10.2 Å². The Morgan fingerprint density at radius 2 is 2.33 bits per heavy atom. The standard InChI is InChI=1S/C13H18N4O/c1-9(13-15-14-8-16(13)2)17-7-6-10-11(17)4-3-5-12(10)18/h6-9,12,18H,3-5H2,1-2H3. The van der Waals surface area contributed by atoms with E-state index in [1.54, 1.807) is 6.33 Å². The molecule has 96 valence electrons. The molecule has 0 aliphatic heterocycles. The van der Waals surface area contributed by atoms with Crippen LogP contribution in [-0.4, -0.2) is 24.4 Å². The number of aryl methyl sites for hydroxylation is 1. The zero-order valence-electron chi connectivity index (χ0n) is 10.7.